The van der Waals surface area contributed by atoms with Gasteiger partial charge in [-0.05, 0) is 38.5 Å². The number of benzene rings is 1. The fourth-order valence-corrected chi connectivity index (χ4v) is 2.16. The van der Waals surface area contributed by atoms with Crippen molar-refractivity contribution in [3.63, 3.8) is 0 Å². The molecule has 0 saturated heterocycles. The highest BCUT2D eigenvalue weighted by Crippen LogP contribution is 2.18. The van der Waals surface area contributed by atoms with E-state index in [4.69, 9.17) is 4.74 Å². The molecule has 102 valence electrons. The van der Waals surface area contributed by atoms with Crippen molar-refractivity contribution >= 4 is 9.84 Å². The standard InChI is InChI=1S/C13H20O4S/c1-10(2)18(15,16)8-7-17-13-6-4-5-12(9-13)11(3)14/h4-6,9-11,14H,7-8H2,1-3H3. The van der Waals surface area contributed by atoms with Crippen LogP contribution in [-0.2, 0) is 9.84 Å². The van der Waals surface area contributed by atoms with Crippen LogP contribution in [0.2, 0.25) is 0 Å². The lowest BCUT2D eigenvalue weighted by atomic mass is 10.1. The summed E-state index contributed by atoms with van der Waals surface area (Å²) in [4.78, 5) is 0. The van der Waals surface area contributed by atoms with Crippen molar-refractivity contribution in [2.24, 2.45) is 0 Å². The molecule has 0 fully saturated rings. The summed E-state index contributed by atoms with van der Waals surface area (Å²) in [6, 6.07) is 7.03. The molecule has 1 atom stereocenters. The van der Waals surface area contributed by atoms with Gasteiger partial charge in [-0.15, -0.1) is 0 Å². The zero-order chi connectivity index (χ0) is 13.8. The maximum atomic E-state index is 11.6. The minimum atomic E-state index is -3.07. The lowest BCUT2D eigenvalue weighted by Crippen LogP contribution is -2.22. The highest BCUT2D eigenvalue weighted by Gasteiger charge is 2.15. The maximum absolute atomic E-state index is 11.6. The smallest absolute Gasteiger partial charge is 0.155 e. The largest absolute Gasteiger partial charge is 0.493 e. The third-order valence-electron chi connectivity index (χ3n) is 2.70. The molecule has 4 nitrogen and oxygen atoms in total. The van der Waals surface area contributed by atoms with E-state index in [1.54, 1.807) is 45.0 Å². The average Bonchev–Trinajstić information content (AvgIpc) is 2.29. The van der Waals surface area contributed by atoms with Crippen LogP contribution in [0.5, 0.6) is 5.75 Å². The molecule has 1 aromatic rings. The van der Waals surface area contributed by atoms with Crippen molar-refractivity contribution in [3.05, 3.63) is 29.8 Å². The number of ether oxygens (including phenoxy) is 1. The molecule has 0 aromatic heterocycles. The van der Waals surface area contributed by atoms with Crippen LogP contribution in [0.1, 0.15) is 32.4 Å². The Morgan fingerprint density at radius 3 is 2.50 bits per heavy atom. The van der Waals surface area contributed by atoms with Gasteiger partial charge in [0.1, 0.15) is 12.4 Å². The molecule has 0 saturated carbocycles. The number of aliphatic hydroxyl groups is 1. The number of hydrogen-bond acceptors (Lipinski definition) is 4. The van der Waals surface area contributed by atoms with Crippen molar-refractivity contribution in [1.29, 1.82) is 0 Å². The molecule has 0 aliphatic carbocycles. The Labute approximate surface area is 109 Å². The van der Waals surface area contributed by atoms with E-state index in [0.29, 0.717) is 5.75 Å². The highest BCUT2D eigenvalue weighted by atomic mass is 32.2. The second-order valence-electron chi connectivity index (χ2n) is 4.51. The summed E-state index contributed by atoms with van der Waals surface area (Å²) in [6.45, 7) is 5.11. The summed E-state index contributed by atoms with van der Waals surface area (Å²) in [5, 5.41) is 9.04. The lowest BCUT2D eigenvalue weighted by molar-refractivity contribution is 0.198. The summed E-state index contributed by atoms with van der Waals surface area (Å²) in [5.41, 5.74) is 0.749. The topological polar surface area (TPSA) is 63.6 Å². The summed E-state index contributed by atoms with van der Waals surface area (Å²) < 4.78 is 28.5. The molecule has 0 spiro atoms. The van der Waals surface area contributed by atoms with Crippen LogP contribution in [0, 0.1) is 0 Å². The Morgan fingerprint density at radius 2 is 1.94 bits per heavy atom. The molecular weight excluding hydrogens is 252 g/mol. The Kier molecular flexibility index (Phi) is 5.16. The monoisotopic (exact) mass is 272 g/mol. The van der Waals surface area contributed by atoms with E-state index in [0.717, 1.165) is 5.56 Å². The second-order valence-corrected chi connectivity index (χ2v) is 7.19. The number of aliphatic hydroxyl groups excluding tert-OH is 1. The van der Waals surface area contributed by atoms with Crippen LogP contribution < -0.4 is 4.74 Å². The van der Waals surface area contributed by atoms with Gasteiger partial charge in [0.25, 0.3) is 0 Å². The molecule has 1 rings (SSSR count). The third kappa shape index (κ3) is 4.31. The fourth-order valence-electron chi connectivity index (χ4n) is 1.38. The molecular formula is C13H20O4S. The zero-order valence-corrected chi connectivity index (χ0v) is 11.8. The summed E-state index contributed by atoms with van der Waals surface area (Å²) >= 11 is 0. The number of sulfone groups is 1. The molecule has 0 bridgehead atoms. The van der Waals surface area contributed by atoms with Crippen molar-refractivity contribution in [2.45, 2.75) is 32.1 Å². The van der Waals surface area contributed by atoms with E-state index < -0.39 is 15.9 Å². The van der Waals surface area contributed by atoms with Gasteiger partial charge in [-0.3, -0.25) is 0 Å². The summed E-state index contributed by atoms with van der Waals surface area (Å²) in [6.07, 6.45) is -0.562. The summed E-state index contributed by atoms with van der Waals surface area (Å²) in [5.74, 6) is 0.580. The van der Waals surface area contributed by atoms with Crippen molar-refractivity contribution < 1.29 is 18.3 Å². The van der Waals surface area contributed by atoms with Gasteiger partial charge in [0.2, 0.25) is 0 Å². The van der Waals surface area contributed by atoms with E-state index in [1.165, 1.54) is 0 Å². The second kappa shape index (κ2) is 6.20. The normalized spacial score (nSPS) is 13.6. The molecule has 0 heterocycles. The minimum absolute atomic E-state index is 0.00354. The Balaban J connectivity index is 2.57. The average molecular weight is 272 g/mol. The molecule has 1 aromatic carbocycles. The first-order valence-corrected chi connectivity index (χ1v) is 7.67. The fraction of sp³-hybridized carbons (Fsp3) is 0.538. The SMILES string of the molecule is CC(O)c1cccc(OCCS(=O)(=O)C(C)C)c1. The Morgan fingerprint density at radius 1 is 1.28 bits per heavy atom. The van der Waals surface area contributed by atoms with Gasteiger partial charge in [0.15, 0.2) is 9.84 Å². The number of rotatable bonds is 6. The van der Waals surface area contributed by atoms with Crippen LogP contribution in [0.25, 0.3) is 0 Å². The molecule has 0 aliphatic heterocycles. The van der Waals surface area contributed by atoms with Crippen molar-refractivity contribution in [3.8, 4) is 5.75 Å². The number of hydrogen-bond donors (Lipinski definition) is 1. The molecule has 5 heteroatoms. The maximum Gasteiger partial charge on any atom is 0.155 e. The van der Waals surface area contributed by atoms with Crippen LogP contribution in [0.4, 0.5) is 0 Å². The molecule has 0 aliphatic rings. The Hall–Kier alpha value is -1.07. The van der Waals surface area contributed by atoms with Gasteiger partial charge in [-0.2, -0.15) is 0 Å². The zero-order valence-electron chi connectivity index (χ0n) is 11.0. The van der Waals surface area contributed by atoms with Gasteiger partial charge < -0.3 is 9.84 Å². The van der Waals surface area contributed by atoms with Gasteiger partial charge >= 0.3 is 0 Å². The van der Waals surface area contributed by atoms with Crippen LogP contribution in [0.3, 0.4) is 0 Å². The van der Waals surface area contributed by atoms with Gasteiger partial charge in [0, 0.05) is 0 Å². The van der Waals surface area contributed by atoms with Crippen molar-refractivity contribution in [1.82, 2.24) is 0 Å². The molecule has 0 amide bonds. The molecule has 1 unspecified atom stereocenters. The van der Waals surface area contributed by atoms with E-state index in [-0.39, 0.29) is 17.6 Å². The quantitative estimate of drug-likeness (QED) is 0.859. The minimum Gasteiger partial charge on any atom is -0.493 e. The molecule has 0 radical (unpaired) electrons. The van der Waals surface area contributed by atoms with Gasteiger partial charge in [0.05, 0.1) is 17.1 Å². The van der Waals surface area contributed by atoms with E-state index in [2.05, 4.69) is 0 Å². The first kappa shape index (κ1) is 15.0. The van der Waals surface area contributed by atoms with E-state index in [9.17, 15) is 13.5 Å². The first-order valence-electron chi connectivity index (χ1n) is 5.95. The summed E-state index contributed by atoms with van der Waals surface area (Å²) in [7, 11) is -3.07. The van der Waals surface area contributed by atoms with Gasteiger partial charge in [-0.1, -0.05) is 12.1 Å². The van der Waals surface area contributed by atoms with Crippen LogP contribution >= 0.6 is 0 Å². The predicted molar refractivity (Wildman–Crippen MR) is 71.5 cm³/mol. The Bertz CT molecular complexity index is 478. The lowest BCUT2D eigenvalue weighted by Gasteiger charge is -2.11. The van der Waals surface area contributed by atoms with E-state index in [1.807, 2.05) is 0 Å². The molecule has 18 heavy (non-hydrogen) atoms. The predicted octanol–water partition coefficient (Wildman–Crippen LogP) is 1.94. The van der Waals surface area contributed by atoms with Crippen molar-refractivity contribution in [2.75, 3.05) is 12.4 Å². The van der Waals surface area contributed by atoms with Crippen LogP contribution in [0.15, 0.2) is 24.3 Å². The van der Waals surface area contributed by atoms with E-state index >= 15 is 0 Å². The van der Waals surface area contributed by atoms with Gasteiger partial charge in [-0.25, -0.2) is 8.42 Å². The first-order chi connectivity index (χ1) is 8.33. The third-order valence-corrected chi connectivity index (χ3v) is 4.87. The van der Waals surface area contributed by atoms with Crippen LogP contribution in [-0.4, -0.2) is 31.1 Å². The molecule has 1 N–H and O–H groups in total. The highest BCUT2D eigenvalue weighted by molar-refractivity contribution is 7.91.